The third-order valence-electron chi connectivity index (χ3n) is 4.88. The fourth-order valence-electron chi connectivity index (χ4n) is 3.63. The van der Waals surface area contributed by atoms with Crippen LogP contribution in [0.1, 0.15) is 43.1 Å². The number of pyridine rings is 1. The van der Waals surface area contributed by atoms with Crippen molar-refractivity contribution in [3.63, 3.8) is 0 Å². The monoisotopic (exact) mass is 378 g/mol. The number of aromatic nitrogens is 3. The van der Waals surface area contributed by atoms with E-state index < -0.39 is 0 Å². The number of nitrogens with one attached hydrogen (secondary N) is 1. The van der Waals surface area contributed by atoms with Gasteiger partial charge < -0.3 is 5.32 Å². The van der Waals surface area contributed by atoms with Gasteiger partial charge in [0.2, 0.25) is 5.91 Å². The zero-order chi connectivity index (χ0) is 18.9. The number of hydrogen-bond donors (Lipinski definition) is 1. The topological polar surface area (TPSA) is 67.8 Å². The summed E-state index contributed by atoms with van der Waals surface area (Å²) in [7, 11) is 0. The molecular weight excluding hydrogens is 356 g/mol. The smallest absolute Gasteiger partial charge is 0.224 e. The van der Waals surface area contributed by atoms with Gasteiger partial charge in [0.15, 0.2) is 5.82 Å². The van der Waals surface area contributed by atoms with Crippen LogP contribution < -0.4 is 5.32 Å². The van der Waals surface area contributed by atoms with Gasteiger partial charge in [-0.05, 0) is 52.8 Å². The highest BCUT2D eigenvalue weighted by Crippen LogP contribution is 2.40. The van der Waals surface area contributed by atoms with Crippen LogP contribution in [0.15, 0.2) is 47.5 Å². The molecule has 0 fully saturated rings. The number of amides is 1. The van der Waals surface area contributed by atoms with E-state index in [4.69, 9.17) is 4.98 Å². The summed E-state index contributed by atoms with van der Waals surface area (Å²) in [6.45, 7) is 4.44. The molecule has 3 aromatic heterocycles. The third kappa shape index (κ3) is 4.06. The minimum atomic E-state index is -0.0576. The Morgan fingerprint density at radius 1 is 1.33 bits per heavy atom. The molecule has 0 saturated carbocycles. The standard InChI is InChI=1S/C21H22N4OS/c1-21(2)9-17(24-19(26)8-14-5-7-27-13-14)16-12-23-20(25-18(16)10-21)15-4-3-6-22-11-15/h3-7,11-13,17H,8-10H2,1-2H3,(H,24,26)/t17-/m1/s1. The first-order chi connectivity index (χ1) is 13.0. The molecule has 1 amide bonds. The Bertz CT molecular complexity index is 938. The van der Waals surface area contributed by atoms with Gasteiger partial charge in [0, 0.05) is 29.7 Å². The van der Waals surface area contributed by atoms with Crippen LogP contribution in [0.25, 0.3) is 11.4 Å². The molecule has 0 bridgehead atoms. The van der Waals surface area contributed by atoms with Crippen molar-refractivity contribution in [2.75, 3.05) is 0 Å². The quantitative estimate of drug-likeness (QED) is 0.746. The second kappa shape index (κ2) is 7.19. The highest BCUT2D eigenvalue weighted by molar-refractivity contribution is 7.08. The van der Waals surface area contributed by atoms with Crippen molar-refractivity contribution >= 4 is 17.2 Å². The van der Waals surface area contributed by atoms with Crippen molar-refractivity contribution in [2.24, 2.45) is 5.41 Å². The molecule has 3 aromatic rings. The van der Waals surface area contributed by atoms with E-state index in [1.807, 2.05) is 35.2 Å². The lowest BCUT2D eigenvalue weighted by Crippen LogP contribution is -2.37. The van der Waals surface area contributed by atoms with Crippen molar-refractivity contribution < 1.29 is 4.79 Å². The highest BCUT2D eigenvalue weighted by atomic mass is 32.1. The molecule has 0 aliphatic heterocycles. The molecule has 1 aliphatic rings. The van der Waals surface area contributed by atoms with Gasteiger partial charge in [-0.2, -0.15) is 11.3 Å². The largest absolute Gasteiger partial charge is 0.349 e. The van der Waals surface area contributed by atoms with Gasteiger partial charge in [-0.25, -0.2) is 9.97 Å². The summed E-state index contributed by atoms with van der Waals surface area (Å²) in [6.07, 6.45) is 7.54. The van der Waals surface area contributed by atoms with Crippen LogP contribution in [0.2, 0.25) is 0 Å². The average molecular weight is 379 g/mol. The maximum absolute atomic E-state index is 12.5. The van der Waals surface area contributed by atoms with Crippen molar-refractivity contribution in [2.45, 2.75) is 39.2 Å². The van der Waals surface area contributed by atoms with E-state index >= 15 is 0 Å². The van der Waals surface area contributed by atoms with Gasteiger partial charge in [0.05, 0.1) is 18.2 Å². The fraction of sp³-hybridized carbons (Fsp3) is 0.333. The van der Waals surface area contributed by atoms with E-state index in [0.29, 0.717) is 12.2 Å². The lowest BCUT2D eigenvalue weighted by atomic mass is 9.74. The molecule has 4 rings (SSSR count). The Hall–Kier alpha value is -2.60. The van der Waals surface area contributed by atoms with Gasteiger partial charge in [0.25, 0.3) is 0 Å². The molecule has 1 N–H and O–H groups in total. The fourth-order valence-corrected chi connectivity index (χ4v) is 4.30. The number of carbonyl (C=O) groups is 1. The number of carbonyl (C=O) groups excluding carboxylic acids is 1. The van der Waals surface area contributed by atoms with Crippen LogP contribution in [0.4, 0.5) is 0 Å². The lowest BCUT2D eigenvalue weighted by Gasteiger charge is -2.36. The molecule has 27 heavy (non-hydrogen) atoms. The van der Waals surface area contributed by atoms with E-state index in [2.05, 4.69) is 29.1 Å². The zero-order valence-electron chi connectivity index (χ0n) is 15.5. The van der Waals surface area contributed by atoms with Crippen molar-refractivity contribution in [1.82, 2.24) is 20.3 Å². The first-order valence-electron chi connectivity index (χ1n) is 9.07. The summed E-state index contributed by atoms with van der Waals surface area (Å²) in [5.74, 6) is 0.723. The average Bonchev–Trinajstić information content (AvgIpc) is 3.14. The molecule has 3 heterocycles. The van der Waals surface area contributed by atoms with Crippen LogP contribution in [-0.4, -0.2) is 20.9 Å². The molecule has 0 spiro atoms. The Kier molecular flexibility index (Phi) is 4.74. The second-order valence-corrected chi connectivity index (χ2v) is 8.59. The number of rotatable bonds is 4. The van der Waals surface area contributed by atoms with Crippen LogP contribution in [0.5, 0.6) is 0 Å². The molecule has 1 atom stereocenters. The minimum Gasteiger partial charge on any atom is -0.349 e. The lowest BCUT2D eigenvalue weighted by molar-refractivity contribution is -0.121. The third-order valence-corrected chi connectivity index (χ3v) is 5.61. The molecular formula is C21H22N4OS. The first-order valence-corrected chi connectivity index (χ1v) is 10.0. The number of hydrogen-bond acceptors (Lipinski definition) is 5. The van der Waals surface area contributed by atoms with Crippen molar-refractivity contribution in [3.8, 4) is 11.4 Å². The molecule has 0 unspecified atom stereocenters. The van der Waals surface area contributed by atoms with Gasteiger partial charge in [-0.3, -0.25) is 9.78 Å². The second-order valence-electron chi connectivity index (χ2n) is 7.81. The molecule has 0 saturated heterocycles. The summed E-state index contributed by atoms with van der Waals surface area (Å²) in [5.41, 5.74) is 4.06. The van der Waals surface area contributed by atoms with Crippen LogP contribution >= 0.6 is 11.3 Å². The van der Waals surface area contributed by atoms with Crippen molar-refractivity contribution in [3.05, 3.63) is 64.4 Å². The van der Waals surface area contributed by atoms with E-state index in [-0.39, 0.29) is 17.4 Å². The number of nitrogens with zero attached hydrogens (tertiary/aromatic N) is 3. The number of fused-ring (bicyclic) bond motifs is 1. The molecule has 0 radical (unpaired) electrons. The van der Waals surface area contributed by atoms with Gasteiger partial charge in [-0.1, -0.05) is 13.8 Å². The molecule has 5 nitrogen and oxygen atoms in total. The summed E-state index contributed by atoms with van der Waals surface area (Å²) in [5, 5.41) is 7.21. The highest BCUT2D eigenvalue weighted by Gasteiger charge is 2.34. The zero-order valence-corrected chi connectivity index (χ0v) is 16.3. The maximum Gasteiger partial charge on any atom is 0.224 e. The Labute approximate surface area is 162 Å². The summed E-state index contributed by atoms with van der Waals surface area (Å²) in [4.78, 5) is 26.0. The van der Waals surface area contributed by atoms with Crippen molar-refractivity contribution in [1.29, 1.82) is 0 Å². The van der Waals surface area contributed by atoms with E-state index in [9.17, 15) is 4.79 Å². The Balaban J connectivity index is 1.60. The van der Waals surface area contributed by atoms with Crippen LogP contribution in [-0.2, 0) is 17.6 Å². The Morgan fingerprint density at radius 3 is 2.96 bits per heavy atom. The summed E-state index contributed by atoms with van der Waals surface area (Å²) in [6, 6.07) is 5.78. The minimum absolute atomic E-state index is 0.0402. The normalized spacial score (nSPS) is 17.9. The predicted octanol–water partition coefficient (Wildman–Crippen LogP) is 3.97. The SMILES string of the molecule is CC1(C)Cc2nc(-c3cccnc3)ncc2[C@H](NC(=O)Cc2ccsc2)C1. The van der Waals surface area contributed by atoms with E-state index in [1.54, 1.807) is 23.7 Å². The molecule has 1 aliphatic carbocycles. The maximum atomic E-state index is 12.5. The summed E-state index contributed by atoms with van der Waals surface area (Å²) >= 11 is 1.61. The molecule has 6 heteroatoms. The van der Waals surface area contributed by atoms with Gasteiger partial charge in [-0.15, -0.1) is 0 Å². The number of thiophene rings is 1. The summed E-state index contributed by atoms with van der Waals surface area (Å²) < 4.78 is 0. The van der Waals surface area contributed by atoms with E-state index in [0.717, 1.165) is 35.2 Å². The van der Waals surface area contributed by atoms with Crippen LogP contribution in [0.3, 0.4) is 0 Å². The predicted molar refractivity (Wildman–Crippen MR) is 106 cm³/mol. The molecule has 138 valence electrons. The first kappa shape index (κ1) is 17.8. The van der Waals surface area contributed by atoms with Gasteiger partial charge >= 0.3 is 0 Å². The molecule has 0 aromatic carbocycles. The van der Waals surface area contributed by atoms with E-state index in [1.165, 1.54) is 0 Å². The van der Waals surface area contributed by atoms with Gasteiger partial charge in [0.1, 0.15) is 0 Å². The Morgan fingerprint density at radius 2 is 2.22 bits per heavy atom. The van der Waals surface area contributed by atoms with Crippen LogP contribution in [0, 0.1) is 5.41 Å².